The molecule has 2 aromatic rings. The Morgan fingerprint density at radius 3 is 2.50 bits per heavy atom. The highest BCUT2D eigenvalue weighted by molar-refractivity contribution is 7.19. The summed E-state index contributed by atoms with van der Waals surface area (Å²) in [4.78, 5) is 25.6. The normalized spacial score (nSPS) is 20.8. The van der Waals surface area contributed by atoms with Crippen LogP contribution in [0.2, 0.25) is 5.02 Å². The minimum Gasteiger partial charge on any atom is -0.359 e. The molecule has 128 valence electrons. The lowest BCUT2D eigenvalue weighted by molar-refractivity contribution is -0.136. The highest BCUT2D eigenvalue weighted by Gasteiger charge is 2.35. The number of benzene rings is 1. The minimum absolute atomic E-state index is 0.0326. The van der Waals surface area contributed by atoms with Gasteiger partial charge in [0.05, 0.1) is 11.6 Å². The third kappa shape index (κ3) is 3.42. The highest BCUT2D eigenvalue weighted by atomic mass is 35.5. The van der Waals surface area contributed by atoms with Crippen molar-refractivity contribution in [2.45, 2.75) is 32.2 Å². The molecule has 0 aliphatic heterocycles. The molecule has 6 heteroatoms. The van der Waals surface area contributed by atoms with E-state index in [1.165, 1.54) is 0 Å². The van der Waals surface area contributed by atoms with E-state index in [1.54, 1.807) is 18.4 Å². The van der Waals surface area contributed by atoms with Gasteiger partial charge < -0.3 is 10.6 Å². The largest absolute Gasteiger partial charge is 0.359 e. The first-order chi connectivity index (χ1) is 11.6. The van der Waals surface area contributed by atoms with Gasteiger partial charge in [-0.2, -0.15) is 0 Å². The summed E-state index contributed by atoms with van der Waals surface area (Å²) in [6.07, 6.45) is 3.55. The van der Waals surface area contributed by atoms with Gasteiger partial charge in [-0.3, -0.25) is 9.59 Å². The van der Waals surface area contributed by atoms with Crippen molar-refractivity contribution in [1.82, 2.24) is 10.6 Å². The van der Waals surface area contributed by atoms with Crippen molar-refractivity contribution in [2.24, 2.45) is 11.8 Å². The van der Waals surface area contributed by atoms with Crippen LogP contribution in [0.5, 0.6) is 0 Å². The van der Waals surface area contributed by atoms with E-state index in [-0.39, 0.29) is 23.7 Å². The molecule has 0 radical (unpaired) electrons. The number of hydrogen-bond acceptors (Lipinski definition) is 3. The lowest BCUT2D eigenvalue weighted by atomic mass is 9.78. The van der Waals surface area contributed by atoms with Gasteiger partial charge in [0.15, 0.2) is 0 Å². The summed E-state index contributed by atoms with van der Waals surface area (Å²) in [5.41, 5.74) is 0. The number of fused-ring (bicyclic) bond motifs is 1. The first kappa shape index (κ1) is 17.2. The predicted molar refractivity (Wildman–Crippen MR) is 98.2 cm³/mol. The molecule has 1 aromatic carbocycles. The topological polar surface area (TPSA) is 58.2 Å². The number of thiophene rings is 1. The fourth-order valence-electron chi connectivity index (χ4n) is 3.42. The third-order valence-electron chi connectivity index (χ3n) is 4.71. The Morgan fingerprint density at radius 2 is 1.83 bits per heavy atom. The van der Waals surface area contributed by atoms with Gasteiger partial charge in [-0.25, -0.2) is 0 Å². The molecular formula is C18H21ClN2O2S. The zero-order chi connectivity index (χ0) is 17.1. The molecule has 0 unspecified atom stereocenters. The number of hydrogen-bond donors (Lipinski definition) is 2. The average molecular weight is 365 g/mol. The Balaban J connectivity index is 1.69. The second kappa shape index (κ2) is 7.53. The Labute approximate surface area is 150 Å². The number of rotatable bonds is 4. The smallest absolute Gasteiger partial charge is 0.224 e. The van der Waals surface area contributed by atoms with Crippen LogP contribution in [0.15, 0.2) is 24.3 Å². The van der Waals surface area contributed by atoms with E-state index in [1.807, 2.05) is 24.3 Å². The van der Waals surface area contributed by atoms with Crippen LogP contribution in [0.3, 0.4) is 0 Å². The molecule has 1 aromatic heterocycles. The first-order valence-corrected chi connectivity index (χ1v) is 9.46. The summed E-state index contributed by atoms with van der Waals surface area (Å²) in [6.45, 7) is 0.411. The molecule has 4 nitrogen and oxygen atoms in total. The third-order valence-corrected chi connectivity index (χ3v) is 6.43. The monoisotopic (exact) mass is 364 g/mol. The van der Waals surface area contributed by atoms with Crippen LogP contribution in [0, 0.1) is 11.8 Å². The summed E-state index contributed by atoms with van der Waals surface area (Å²) in [6, 6.07) is 7.95. The molecule has 3 rings (SSSR count). The Bertz CT molecular complexity index is 759. The van der Waals surface area contributed by atoms with Crippen LogP contribution >= 0.6 is 22.9 Å². The fraction of sp³-hybridized carbons (Fsp3) is 0.444. The molecule has 2 atom stereocenters. The number of halogens is 1. The van der Waals surface area contributed by atoms with Gasteiger partial charge in [0.25, 0.3) is 0 Å². The summed E-state index contributed by atoms with van der Waals surface area (Å²) in [5.74, 6) is -0.542. The van der Waals surface area contributed by atoms with Crippen LogP contribution in [0.25, 0.3) is 10.1 Å². The Hall–Kier alpha value is -1.59. The van der Waals surface area contributed by atoms with Gasteiger partial charge in [-0.15, -0.1) is 11.3 Å². The van der Waals surface area contributed by atoms with Gasteiger partial charge in [-0.1, -0.05) is 42.6 Å². The summed E-state index contributed by atoms with van der Waals surface area (Å²) >= 11 is 8.02. The molecule has 0 saturated heterocycles. The lowest BCUT2D eigenvalue weighted by Gasteiger charge is -2.29. The van der Waals surface area contributed by atoms with E-state index in [0.717, 1.165) is 40.6 Å². The number of carbonyl (C=O) groups is 2. The maximum absolute atomic E-state index is 12.6. The van der Waals surface area contributed by atoms with E-state index < -0.39 is 0 Å². The van der Waals surface area contributed by atoms with E-state index in [4.69, 9.17) is 11.6 Å². The lowest BCUT2D eigenvalue weighted by Crippen LogP contribution is -2.42. The van der Waals surface area contributed by atoms with E-state index >= 15 is 0 Å². The maximum atomic E-state index is 12.6. The summed E-state index contributed by atoms with van der Waals surface area (Å²) < 4.78 is 1.12. The second-order valence-electron chi connectivity index (χ2n) is 6.16. The van der Waals surface area contributed by atoms with Gasteiger partial charge in [0.1, 0.15) is 0 Å². The highest BCUT2D eigenvalue weighted by Crippen LogP contribution is 2.35. The summed E-state index contributed by atoms with van der Waals surface area (Å²) in [5, 5.41) is 7.40. The van der Waals surface area contributed by atoms with Crippen molar-refractivity contribution in [3.8, 4) is 0 Å². The molecule has 1 aliphatic rings. The molecule has 24 heavy (non-hydrogen) atoms. The van der Waals surface area contributed by atoms with E-state index in [2.05, 4.69) is 10.6 Å². The van der Waals surface area contributed by atoms with E-state index in [9.17, 15) is 9.59 Å². The van der Waals surface area contributed by atoms with E-state index in [0.29, 0.717) is 11.6 Å². The van der Waals surface area contributed by atoms with Crippen molar-refractivity contribution in [3.63, 3.8) is 0 Å². The Kier molecular flexibility index (Phi) is 5.41. The van der Waals surface area contributed by atoms with Gasteiger partial charge in [0.2, 0.25) is 11.8 Å². The zero-order valence-electron chi connectivity index (χ0n) is 13.6. The van der Waals surface area contributed by atoms with Gasteiger partial charge in [-0.05, 0) is 18.9 Å². The molecule has 0 bridgehead atoms. The van der Waals surface area contributed by atoms with Crippen molar-refractivity contribution in [3.05, 3.63) is 34.2 Å². The zero-order valence-corrected chi connectivity index (χ0v) is 15.2. The first-order valence-electron chi connectivity index (χ1n) is 8.27. The average Bonchev–Trinajstić information content (AvgIpc) is 2.95. The molecule has 2 amide bonds. The Morgan fingerprint density at radius 1 is 1.17 bits per heavy atom. The quantitative estimate of drug-likeness (QED) is 0.868. The van der Waals surface area contributed by atoms with Crippen LogP contribution in [0.1, 0.15) is 30.6 Å². The van der Waals surface area contributed by atoms with Crippen molar-refractivity contribution < 1.29 is 9.59 Å². The SMILES string of the molecule is CNC(=O)[C@@H]1CCCC[C@@H]1C(=O)NCc1sc2ccccc2c1Cl. The van der Waals surface area contributed by atoms with Crippen LogP contribution < -0.4 is 10.6 Å². The van der Waals surface area contributed by atoms with Crippen LogP contribution in [0.4, 0.5) is 0 Å². The number of amides is 2. The maximum Gasteiger partial charge on any atom is 0.224 e. The standard InChI is InChI=1S/C18H21ClN2O2S/c1-20-17(22)11-6-2-3-7-12(11)18(23)21-10-15-16(19)13-8-4-5-9-14(13)24-15/h4-5,8-9,11-12H,2-3,6-7,10H2,1H3,(H,20,22)(H,21,23)/t11-,12+/m1/s1. The molecule has 1 saturated carbocycles. The van der Waals surface area contributed by atoms with Crippen LogP contribution in [-0.2, 0) is 16.1 Å². The van der Waals surface area contributed by atoms with Crippen molar-refractivity contribution in [2.75, 3.05) is 7.05 Å². The van der Waals surface area contributed by atoms with Crippen LogP contribution in [-0.4, -0.2) is 18.9 Å². The molecule has 1 heterocycles. The minimum atomic E-state index is -0.244. The van der Waals surface area contributed by atoms with Gasteiger partial charge >= 0.3 is 0 Å². The van der Waals surface area contributed by atoms with Crippen molar-refractivity contribution in [1.29, 1.82) is 0 Å². The predicted octanol–water partition coefficient (Wildman–Crippen LogP) is 3.72. The van der Waals surface area contributed by atoms with Gasteiger partial charge in [0, 0.05) is 33.8 Å². The molecular weight excluding hydrogens is 344 g/mol. The number of nitrogens with one attached hydrogen (secondary N) is 2. The molecule has 0 spiro atoms. The second-order valence-corrected chi connectivity index (χ2v) is 7.68. The molecule has 1 aliphatic carbocycles. The van der Waals surface area contributed by atoms with Crippen molar-refractivity contribution >= 4 is 44.8 Å². The summed E-state index contributed by atoms with van der Waals surface area (Å²) in [7, 11) is 1.63. The molecule has 1 fully saturated rings. The number of carbonyl (C=O) groups excluding carboxylic acids is 2. The molecule has 2 N–H and O–H groups in total. The fourth-order valence-corrected chi connectivity index (χ4v) is 4.86.